The van der Waals surface area contributed by atoms with Gasteiger partial charge in [-0.1, -0.05) is 18.2 Å². The lowest BCUT2D eigenvalue weighted by atomic mass is 10.1. The molecule has 2 heterocycles. The van der Waals surface area contributed by atoms with Crippen molar-refractivity contribution in [3.05, 3.63) is 77.8 Å². The number of hydrogen-bond acceptors (Lipinski definition) is 7. The molecule has 0 atom stereocenters. The maximum Gasteiger partial charge on any atom is 0.248 e. The standard InChI is InChI=1S/C26H23N3O4S/c1-31-22-13-17(14-23(32-2)25(22)33-3)10-11-24(30)28-19-8-6-7-18(15-19)21-16-34-26(29-21)20-9-4-5-12-27-20/h4-16H,1-3H3,(H,28,30)/b11-10+. The van der Waals surface area contributed by atoms with Crippen molar-refractivity contribution in [2.24, 2.45) is 0 Å². The van der Waals surface area contributed by atoms with Crippen LogP contribution in [0.15, 0.2) is 72.3 Å². The summed E-state index contributed by atoms with van der Waals surface area (Å²) in [7, 11) is 4.64. The van der Waals surface area contributed by atoms with E-state index in [1.165, 1.54) is 17.4 Å². The second-order valence-electron chi connectivity index (χ2n) is 7.11. The van der Waals surface area contributed by atoms with Crippen LogP contribution in [-0.2, 0) is 4.79 Å². The number of methoxy groups -OCH3 is 3. The van der Waals surface area contributed by atoms with Crippen LogP contribution in [-0.4, -0.2) is 37.2 Å². The number of anilines is 1. The monoisotopic (exact) mass is 473 g/mol. The minimum Gasteiger partial charge on any atom is -0.493 e. The molecule has 2 aromatic heterocycles. The number of nitrogens with zero attached hydrogens (tertiary/aromatic N) is 2. The third-order valence-electron chi connectivity index (χ3n) is 4.93. The molecule has 0 aliphatic carbocycles. The Labute approximate surface area is 201 Å². The lowest BCUT2D eigenvalue weighted by Gasteiger charge is -2.12. The molecule has 0 aliphatic heterocycles. The van der Waals surface area contributed by atoms with Crippen LogP contribution in [0, 0.1) is 0 Å². The van der Waals surface area contributed by atoms with Crippen molar-refractivity contribution in [1.29, 1.82) is 0 Å². The number of ether oxygens (including phenoxy) is 3. The van der Waals surface area contributed by atoms with Gasteiger partial charge in [-0.3, -0.25) is 9.78 Å². The Kier molecular flexibility index (Phi) is 7.19. The number of amides is 1. The fourth-order valence-corrected chi connectivity index (χ4v) is 4.13. The topological polar surface area (TPSA) is 82.6 Å². The molecule has 4 rings (SSSR count). The molecular formula is C26H23N3O4S. The van der Waals surface area contributed by atoms with Gasteiger partial charge in [0.1, 0.15) is 5.01 Å². The molecule has 172 valence electrons. The average Bonchev–Trinajstić information content (AvgIpc) is 3.38. The van der Waals surface area contributed by atoms with Gasteiger partial charge in [-0.05, 0) is 48.0 Å². The van der Waals surface area contributed by atoms with Crippen LogP contribution in [0.1, 0.15) is 5.56 Å². The largest absolute Gasteiger partial charge is 0.493 e. The second kappa shape index (κ2) is 10.6. The number of benzene rings is 2. The summed E-state index contributed by atoms with van der Waals surface area (Å²) in [6.45, 7) is 0. The number of aromatic nitrogens is 2. The summed E-state index contributed by atoms with van der Waals surface area (Å²) in [5.74, 6) is 1.26. The number of nitrogens with one attached hydrogen (secondary N) is 1. The predicted octanol–water partition coefficient (Wildman–Crippen LogP) is 5.55. The van der Waals surface area contributed by atoms with Crippen LogP contribution in [0.3, 0.4) is 0 Å². The molecule has 0 unspecified atom stereocenters. The fourth-order valence-electron chi connectivity index (χ4n) is 3.32. The first-order valence-electron chi connectivity index (χ1n) is 10.4. The van der Waals surface area contributed by atoms with E-state index < -0.39 is 0 Å². The zero-order valence-electron chi connectivity index (χ0n) is 18.9. The maximum absolute atomic E-state index is 12.5. The summed E-state index contributed by atoms with van der Waals surface area (Å²) in [5, 5.41) is 5.72. The summed E-state index contributed by atoms with van der Waals surface area (Å²) in [6.07, 6.45) is 4.89. The normalized spacial score (nSPS) is 10.8. The van der Waals surface area contributed by atoms with Crippen LogP contribution in [0.4, 0.5) is 5.69 Å². The lowest BCUT2D eigenvalue weighted by Crippen LogP contribution is -2.07. The highest BCUT2D eigenvalue weighted by Gasteiger charge is 2.12. The van der Waals surface area contributed by atoms with E-state index in [0.717, 1.165) is 27.5 Å². The summed E-state index contributed by atoms with van der Waals surface area (Å²) >= 11 is 1.53. The van der Waals surface area contributed by atoms with Crippen molar-refractivity contribution < 1.29 is 19.0 Å². The molecule has 1 N–H and O–H groups in total. The van der Waals surface area contributed by atoms with E-state index in [-0.39, 0.29) is 5.91 Å². The highest BCUT2D eigenvalue weighted by molar-refractivity contribution is 7.13. The molecule has 0 saturated heterocycles. The van der Waals surface area contributed by atoms with Crippen LogP contribution in [0.5, 0.6) is 17.2 Å². The molecule has 34 heavy (non-hydrogen) atoms. The first kappa shape index (κ1) is 23.0. The molecule has 0 bridgehead atoms. The highest BCUT2D eigenvalue weighted by Crippen LogP contribution is 2.38. The number of pyridine rings is 1. The SMILES string of the molecule is COc1cc(/C=C/C(=O)Nc2cccc(-c3csc(-c4ccccn4)n3)c2)cc(OC)c1OC. The van der Waals surface area contributed by atoms with Gasteiger partial charge in [0.25, 0.3) is 0 Å². The predicted molar refractivity (Wildman–Crippen MR) is 135 cm³/mol. The smallest absolute Gasteiger partial charge is 0.248 e. The molecule has 0 fully saturated rings. The van der Waals surface area contributed by atoms with Gasteiger partial charge >= 0.3 is 0 Å². The molecule has 2 aromatic carbocycles. The van der Waals surface area contributed by atoms with E-state index in [1.807, 2.05) is 47.8 Å². The van der Waals surface area contributed by atoms with Gasteiger partial charge < -0.3 is 19.5 Å². The summed E-state index contributed by atoms with van der Waals surface area (Å²) in [5.41, 5.74) is 3.98. The van der Waals surface area contributed by atoms with Crippen molar-refractivity contribution in [3.8, 4) is 39.2 Å². The number of carbonyl (C=O) groups is 1. The van der Waals surface area contributed by atoms with E-state index >= 15 is 0 Å². The summed E-state index contributed by atoms with van der Waals surface area (Å²) in [6, 6.07) is 16.8. The second-order valence-corrected chi connectivity index (χ2v) is 7.97. The van der Waals surface area contributed by atoms with Crippen LogP contribution >= 0.6 is 11.3 Å². The third-order valence-corrected chi connectivity index (χ3v) is 5.79. The summed E-state index contributed by atoms with van der Waals surface area (Å²) in [4.78, 5) is 21.6. The van der Waals surface area contributed by atoms with E-state index in [1.54, 1.807) is 45.7 Å². The Hall–Kier alpha value is -4.17. The van der Waals surface area contributed by atoms with Crippen molar-refractivity contribution >= 4 is 29.0 Å². The van der Waals surface area contributed by atoms with Crippen molar-refractivity contribution in [1.82, 2.24) is 9.97 Å². The highest BCUT2D eigenvalue weighted by atomic mass is 32.1. The average molecular weight is 474 g/mol. The zero-order chi connectivity index (χ0) is 23.9. The van der Waals surface area contributed by atoms with Gasteiger partial charge in [-0.25, -0.2) is 4.98 Å². The third kappa shape index (κ3) is 5.24. The van der Waals surface area contributed by atoms with E-state index in [4.69, 9.17) is 14.2 Å². The van der Waals surface area contributed by atoms with Crippen molar-refractivity contribution in [2.45, 2.75) is 0 Å². The maximum atomic E-state index is 12.5. The van der Waals surface area contributed by atoms with Gasteiger partial charge in [-0.15, -0.1) is 11.3 Å². The Balaban J connectivity index is 1.48. The zero-order valence-corrected chi connectivity index (χ0v) is 19.8. The Morgan fingerprint density at radius 2 is 1.74 bits per heavy atom. The van der Waals surface area contributed by atoms with Gasteiger partial charge in [-0.2, -0.15) is 0 Å². The van der Waals surface area contributed by atoms with Crippen molar-refractivity contribution in [2.75, 3.05) is 26.6 Å². The number of rotatable bonds is 8. The molecular weight excluding hydrogens is 450 g/mol. The first-order valence-corrected chi connectivity index (χ1v) is 11.3. The molecule has 0 radical (unpaired) electrons. The number of thiazole rings is 1. The van der Waals surface area contributed by atoms with Crippen LogP contribution < -0.4 is 19.5 Å². The van der Waals surface area contributed by atoms with E-state index in [2.05, 4.69) is 15.3 Å². The van der Waals surface area contributed by atoms with Gasteiger partial charge in [0.05, 0.1) is 32.7 Å². The minimum atomic E-state index is -0.265. The Morgan fingerprint density at radius 3 is 2.41 bits per heavy atom. The van der Waals surface area contributed by atoms with Gasteiger partial charge in [0, 0.05) is 28.9 Å². The summed E-state index contributed by atoms with van der Waals surface area (Å²) < 4.78 is 16.0. The molecule has 0 aliphatic rings. The number of hydrogen-bond donors (Lipinski definition) is 1. The van der Waals surface area contributed by atoms with Crippen LogP contribution in [0.2, 0.25) is 0 Å². The Bertz CT molecular complexity index is 1290. The quantitative estimate of drug-likeness (QED) is 0.338. The van der Waals surface area contributed by atoms with Crippen LogP contribution in [0.25, 0.3) is 28.0 Å². The molecule has 7 nitrogen and oxygen atoms in total. The van der Waals surface area contributed by atoms with Crippen molar-refractivity contribution in [3.63, 3.8) is 0 Å². The molecule has 8 heteroatoms. The molecule has 1 amide bonds. The van der Waals surface area contributed by atoms with Gasteiger partial charge in [0.2, 0.25) is 11.7 Å². The van der Waals surface area contributed by atoms with E-state index in [9.17, 15) is 4.79 Å². The first-order chi connectivity index (χ1) is 16.6. The van der Waals surface area contributed by atoms with E-state index in [0.29, 0.717) is 22.9 Å². The van der Waals surface area contributed by atoms with Gasteiger partial charge in [0.15, 0.2) is 11.5 Å². The Morgan fingerprint density at radius 1 is 0.941 bits per heavy atom. The molecule has 0 saturated carbocycles. The lowest BCUT2D eigenvalue weighted by molar-refractivity contribution is -0.111. The molecule has 0 spiro atoms. The number of carbonyl (C=O) groups excluding carboxylic acids is 1. The fraction of sp³-hybridized carbons (Fsp3) is 0.115. The molecule has 4 aromatic rings. The minimum absolute atomic E-state index is 0.265.